The second-order valence-electron chi connectivity index (χ2n) is 10.5. The van der Waals surface area contributed by atoms with Crippen LogP contribution in [0.5, 0.6) is 0 Å². The van der Waals surface area contributed by atoms with Gasteiger partial charge in [-0.05, 0) is 12.8 Å². The first-order valence-corrected chi connectivity index (χ1v) is 17.1. The lowest BCUT2D eigenvalue weighted by atomic mass is 10.1. The lowest BCUT2D eigenvalue weighted by molar-refractivity contribution is -0.157. The molecule has 1 atom stereocenters. The van der Waals surface area contributed by atoms with E-state index in [1.807, 2.05) is 0 Å². The molecule has 0 aromatic carbocycles. The van der Waals surface area contributed by atoms with Crippen LogP contribution >= 0.6 is 22.6 Å². The molecular weight excluding hydrogens is 563 g/mol. The predicted molar refractivity (Wildman–Crippen MR) is 162 cm³/mol. The molecule has 4 nitrogen and oxygen atoms in total. The second kappa shape index (κ2) is 29.2. The number of rotatable bonds is 28. The molecule has 0 N–H and O–H groups in total. The molecule has 5 heteroatoms. The minimum absolute atomic E-state index is 0.158. The average molecular weight is 623 g/mol. The van der Waals surface area contributed by atoms with E-state index in [1.54, 1.807) is 0 Å². The molecule has 0 aliphatic carbocycles. The zero-order valence-corrected chi connectivity index (χ0v) is 26.1. The first-order chi connectivity index (χ1) is 17.6. The van der Waals surface area contributed by atoms with E-state index in [4.69, 9.17) is 9.47 Å². The highest BCUT2D eigenvalue weighted by Crippen LogP contribution is 2.14. The highest BCUT2D eigenvalue weighted by molar-refractivity contribution is 14.1. The molecule has 0 spiro atoms. The summed E-state index contributed by atoms with van der Waals surface area (Å²) in [5.41, 5.74) is 0. The Morgan fingerprint density at radius 3 is 1.22 bits per heavy atom. The van der Waals surface area contributed by atoms with E-state index in [9.17, 15) is 9.59 Å². The lowest BCUT2D eigenvalue weighted by Crippen LogP contribution is -2.26. The van der Waals surface area contributed by atoms with Crippen LogP contribution in [-0.4, -0.2) is 29.1 Å². The van der Waals surface area contributed by atoms with Crippen LogP contribution in [0.25, 0.3) is 0 Å². The van der Waals surface area contributed by atoms with Gasteiger partial charge in [-0.2, -0.15) is 0 Å². The fourth-order valence-electron chi connectivity index (χ4n) is 4.48. The van der Waals surface area contributed by atoms with Crippen molar-refractivity contribution in [3.63, 3.8) is 0 Å². The van der Waals surface area contributed by atoms with Gasteiger partial charge in [0.15, 0.2) is 0 Å². The van der Waals surface area contributed by atoms with Gasteiger partial charge >= 0.3 is 11.9 Å². The van der Waals surface area contributed by atoms with Gasteiger partial charge in [0.05, 0.1) is 0 Å². The molecule has 1 unspecified atom stereocenters. The molecule has 0 radical (unpaired) electrons. The molecule has 0 aromatic rings. The number of unbranched alkanes of at least 4 members (excludes halogenated alkanes) is 20. The summed E-state index contributed by atoms with van der Waals surface area (Å²) in [6, 6.07) is 0. The summed E-state index contributed by atoms with van der Waals surface area (Å²) >= 11 is 2.19. The number of hydrogen-bond donors (Lipinski definition) is 0. The first kappa shape index (κ1) is 35.7. The van der Waals surface area contributed by atoms with Crippen molar-refractivity contribution in [3.05, 3.63) is 0 Å². The van der Waals surface area contributed by atoms with E-state index in [0.717, 1.165) is 25.7 Å². The molecule has 36 heavy (non-hydrogen) atoms. The lowest BCUT2D eigenvalue weighted by Gasteiger charge is -2.15. The van der Waals surface area contributed by atoms with Crippen LogP contribution in [0.3, 0.4) is 0 Å². The van der Waals surface area contributed by atoms with Gasteiger partial charge in [0.25, 0.3) is 0 Å². The standard InChI is InChI=1S/C31H59IO4/c1-3-5-7-9-11-13-15-17-19-21-23-25-30(33)35-28-29(27-32)36-31(34)26-24-22-20-18-16-14-12-10-8-6-4-2/h29H,3-28H2,1-2H3. The summed E-state index contributed by atoms with van der Waals surface area (Å²) in [7, 11) is 0. The third kappa shape index (κ3) is 26.7. The second-order valence-corrected chi connectivity index (χ2v) is 11.4. The van der Waals surface area contributed by atoms with Crippen LogP contribution in [-0.2, 0) is 19.1 Å². The number of alkyl halides is 1. The van der Waals surface area contributed by atoms with Crippen LogP contribution in [0.2, 0.25) is 0 Å². The molecule has 214 valence electrons. The Kier molecular flexibility index (Phi) is 29.0. The fourth-order valence-corrected chi connectivity index (χ4v) is 4.91. The summed E-state index contributed by atoms with van der Waals surface area (Å²) in [5, 5.41) is 0. The third-order valence-electron chi connectivity index (χ3n) is 6.87. The first-order valence-electron chi connectivity index (χ1n) is 15.5. The molecule has 0 amide bonds. The van der Waals surface area contributed by atoms with E-state index < -0.39 is 0 Å². The summed E-state index contributed by atoms with van der Waals surface area (Å²) < 4.78 is 11.6. The van der Waals surface area contributed by atoms with Gasteiger partial charge in [0, 0.05) is 17.3 Å². The maximum absolute atomic E-state index is 12.1. The van der Waals surface area contributed by atoms with E-state index in [2.05, 4.69) is 36.4 Å². The van der Waals surface area contributed by atoms with E-state index in [0.29, 0.717) is 17.3 Å². The van der Waals surface area contributed by atoms with E-state index >= 15 is 0 Å². The Hall–Kier alpha value is -0.330. The molecule has 0 aliphatic rings. The molecule has 0 heterocycles. The van der Waals surface area contributed by atoms with Crippen LogP contribution in [0.15, 0.2) is 0 Å². The molecule has 0 saturated heterocycles. The Bertz CT molecular complexity index is 483. The van der Waals surface area contributed by atoms with Crippen molar-refractivity contribution in [2.45, 2.75) is 174 Å². The molecular formula is C31H59IO4. The average Bonchev–Trinajstić information content (AvgIpc) is 2.88. The molecule has 0 saturated carbocycles. The van der Waals surface area contributed by atoms with Crippen molar-refractivity contribution in [1.29, 1.82) is 0 Å². The van der Waals surface area contributed by atoms with Crippen molar-refractivity contribution in [3.8, 4) is 0 Å². The zero-order valence-electron chi connectivity index (χ0n) is 24.0. The minimum Gasteiger partial charge on any atom is -0.462 e. The Morgan fingerprint density at radius 1 is 0.528 bits per heavy atom. The number of ether oxygens (including phenoxy) is 2. The summed E-state index contributed by atoms with van der Waals surface area (Å²) in [4.78, 5) is 24.2. The largest absolute Gasteiger partial charge is 0.462 e. The van der Waals surface area contributed by atoms with E-state index in [1.165, 1.54) is 116 Å². The molecule has 0 rings (SSSR count). The van der Waals surface area contributed by atoms with Gasteiger partial charge in [-0.25, -0.2) is 0 Å². The van der Waals surface area contributed by atoms with Crippen LogP contribution in [0.1, 0.15) is 168 Å². The number of carbonyl (C=O) groups is 2. The van der Waals surface area contributed by atoms with Crippen LogP contribution in [0.4, 0.5) is 0 Å². The Labute approximate surface area is 237 Å². The van der Waals surface area contributed by atoms with Crippen molar-refractivity contribution in [2.24, 2.45) is 0 Å². The monoisotopic (exact) mass is 622 g/mol. The zero-order chi connectivity index (χ0) is 26.5. The highest BCUT2D eigenvalue weighted by atomic mass is 127. The van der Waals surface area contributed by atoms with Crippen molar-refractivity contribution < 1.29 is 19.1 Å². The van der Waals surface area contributed by atoms with Gasteiger partial charge in [-0.3, -0.25) is 9.59 Å². The molecule has 0 fully saturated rings. The SMILES string of the molecule is CCCCCCCCCCCCCC(=O)OCC(CI)OC(=O)CCCCCCCCCCCCC. The number of esters is 2. The summed E-state index contributed by atoms with van der Waals surface area (Å²) in [5.74, 6) is -0.323. The van der Waals surface area contributed by atoms with Crippen LogP contribution < -0.4 is 0 Å². The Morgan fingerprint density at radius 2 is 0.861 bits per heavy atom. The number of halogens is 1. The maximum atomic E-state index is 12.1. The van der Waals surface area contributed by atoms with Crippen molar-refractivity contribution in [2.75, 3.05) is 11.0 Å². The van der Waals surface area contributed by atoms with Gasteiger partial charge < -0.3 is 9.47 Å². The Balaban J connectivity index is 3.57. The normalized spacial score (nSPS) is 12.0. The smallest absolute Gasteiger partial charge is 0.306 e. The summed E-state index contributed by atoms with van der Waals surface area (Å²) in [6.07, 6.45) is 28.5. The van der Waals surface area contributed by atoms with Crippen molar-refractivity contribution in [1.82, 2.24) is 0 Å². The fraction of sp³-hybridized carbons (Fsp3) is 0.935. The third-order valence-corrected chi connectivity index (χ3v) is 7.85. The molecule has 0 aromatic heterocycles. The predicted octanol–water partition coefficient (Wildman–Crippen LogP) is 10.3. The number of carbonyl (C=O) groups excluding carboxylic acids is 2. The van der Waals surface area contributed by atoms with E-state index in [-0.39, 0.29) is 24.6 Å². The van der Waals surface area contributed by atoms with Gasteiger partial charge in [-0.15, -0.1) is 0 Å². The minimum atomic E-state index is -0.327. The topological polar surface area (TPSA) is 52.6 Å². The van der Waals surface area contributed by atoms with Crippen molar-refractivity contribution >= 4 is 34.5 Å². The quantitative estimate of drug-likeness (QED) is 0.0377. The maximum Gasteiger partial charge on any atom is 0.306 e. The summed E-state index contributed by atoms with van der Waals surface area (Å²) in [6.45, 7) is 4.70. The highest BCUT2D eigenvalue weighted by Gasteiger charge is 2.15. The van der Waals surface area contributed by atoms with Crippen LogP contribution in [0, 0.1) is 0 Å². The van der Waals surface area contributed by atoms with Gasteiger partial charge in [-0.1, -0.05) is 165 Å². The molecule has 0 bridgehead atoms. The van der Waals surface area contributed by atoms with Gasteiger partial charge in [0.2, 0.25) is 0 Å². The van der Waals surface area contributed by atoms with Gasteiger partial charge in [0.1, 0.15) is 12.7 Å². The number of hydrogen-bond acceptors (Lipinski definition) is 4. The molecule has 0 aliphatic heterocycles.